The Kier molecular flexibility index (Phi) is 11.0. The standard InChI is InChI=1S/C38H37N3O8S/c1-3-26-19-20-29(22-31(26)49-4-2)37(45,46)38(47,48)40-33(42)23-32-35(44)41(30-12-8-11-28(21-30)34(39)43)36(50-32)27-17-15-25(16-18-27)14-13-24-9-6-5-7-10-24/h5-12,15-22,32,36,45-48H,3-4,23H2,1-2H3,(H2,39,43)(H,40,42). The van der Waals surface area contributed by atoms with Gasteiger partial charge < -0.3 is 36.2 Å². The highest BCUT2D eigenvalue weighted by Crippen LogP contribution is 2.47. The average Bonchev–Trinajstić information content (AvgIpc) is 3.42. The van der Waals surface area contributed by atoms with Crippen molar-refractivity contribution in [3.8, 4) is 17.6 Å². The second kappa shape index (κ2) is 15.2. The van der Waals surface area contributed by atoms with Gasteiger partial charge in [-0.1, -0.05) is 67.3 Å². The van der Waals surface area contributed by atoms with Crippen LogP contribution in [-0.2, 0) is 21.8 Å². The summed E-state index contributed by atoms with van der Waals surface area (Å²) in [7, 11) is 0. The lowest BCUT2D eigenvalue weighted by atomic mass is 9.98. The predicted molar refractivity (Wildman–Crippen MR) is 188 cm³/mol. The van der Waals surface area contributed by atoms with Crippen molar-refractivity contribution in [2.75, 3.05) is 11.5 Å². The molecule has 11 nitrogen and oxygen atoms in total. The van der Waals surface area contributed by atoms with Crippen LogP contribution in [0.1, 0.15) is 63.8 Å². The SMILES string of the molecule is CCOc1cc(C(O)(O)C(O)(O)NC(=O)CC2SC(c3ccc(C#Cc4ccccc4)cc3)N(c3cccc(C(N)=O)c3)C2=O)ccc1CC. The second-order valence-electron chi connectivity index (χ2n) is 11.5. The van der Waals surface area contributed by atoms with Crippen LogP contribution < -0.4 is 20.7 Å². The Bertz CT molecular complexity index is 1940. The van der Waals surface area contributed by atoms with Gasteiger partial charge in [0.05, 0.1) is 11.9 Å². The van der Waals surface area contributed by atoms with E-state index in [9.17, 15) is 34.8 Å². The number of thioether (sulfide) groups is 1. The molecule has 5 rings (SSSR count). The lowest BCUT2D eigenvalue weighted by molar-refractivity contribution is -0.375. The van der Waals surface area contributed by atoms with Gasteiger partial charge in [0.2, 0.25) is 17.7 Å². The van der Waals surface area contributed by atoms with Crippen molar-refractivity contribution in [3.63, 3.8) is 0 Å². The van der Waals surface area contributed by atoms with Crippen LogP contribution in [0, 0.1) is 11.8 Å². The molecule has 1 aliphatic heterocycles. The van der Waals surface area contributed by atoms with Crippen LogP contribution in [0.15, 0.2) is 97.1 Å². The smallest absolute Gasteiger partial charge is 0.308 e. The number of carbonyl (C=O) groups is 3. The van der Waals surface area contributed by atoms with E-state index in [1.807, 2.05) is 66.8 Å². The molecule has 4 aromatic carbocycles. The third kappa shape index (κ3) is 7.83. The van der Waals surface area contributed by atoms with Crippen LogP contribution >= 0.6 is 11.8 Å². The molecule has 0 saturated carbocycles. The molecule has 0 aliphatic carbocycles. The molecule has 2 atom stereocenters. The molecular weight excluding hydrogens is 658 g/mol. The van der Waals surface area contributed by atoms with Gasteiger partial charge in [-0.3, -0.25) is 19.3 Å². The molecule has 1 heterocycles. The molecule has 3 amide bonds. The molecular formula is C38H37N3O8S. The zero-order chi connectivity index (χ0) is 36.1. The summed E-state index contributed by atoms with van der Waals surface area (Å²) in [5.41, 5.74) is 8.76. The van der Waals surface area contributed by atoms with Gasteiger partial charge in [0.25, 0.3) is 5.79 Å². The fraction of sp³-hybridized carbons (Fsp3) is 0.237. The van der Waals surface area contributed by atoms with Gasteiger partial charge in [-0.25, -0.2) is 0 Å². The Balaban J connectivity index is 1.38. The monoisotopic (exact) mass is 695 g/mol. The third-order valence-corrected chi connectivity index (χ3v) is 9.53. The lowest BCUT2D eigenvalue weighted by Gasteiger charge is -2.35. The maximum absolute atomic E-state index is 13.9. The molecule has 50 heavy (non-hydrogen) atoms. The molecule has 1 saturated heterocycles. The van der Waals surface area contributed by atoms with Crippen molar-refractivity contribution in [3.05, 3.63) is 130 Å². The maximum atomic E-state index is 13.9. The number of hydrogen-bond donors (Lipinski definition) is 6. The number of benzene rings is 4. The molecule has 0 bridgehead atoms. The number of anilines is 1. The van der Waals surface area contributed by atoms with Gasteiger partial charge in [0, 0.05) is 34.4 Å². The first-order chi connectivity index (χ1) is 23.8. The Labute approximate surface area is 293 Å². The number of rotatable bonds is 11. The quantitative estimate of drug-likeness (QED) is 0.101. The van der Waals surface area contributed by atoms with E-state index in [2.05, 4.69) is 11.8 Å². The third-order valence-electron chi connectivity index (χ3n) is 8.09. The summed E-state index contributed by atoms with van der Waals surface area (Å²) in [4.78, 5) is 40.6. The van der Waals surface area contributed by atoms with Crippen LogP contribution in [0.3, 0.4) is 0 Å². The molecule has 2 unspecified atom stereocenters. The minimum absolute atomic E-state index is 0.179. The van der Waals surface area contributed by atoms with E-state index < -0.39 is 46.5 Å². The summed E-state index contributed by atoms with van der Waals surface area (Å²) < 4.78 is 5.56. The Morgan fingerprint density at radius 1 is 0.900 bits per heavy atom. The number of ether oxygens (including phenoxy) is 1. The van der Waals surface area contributed by atoms with Crippen LogP contribution in [-0.4, -0.2) is 55.9 Å². The highest BCUT2D eigenvalue weighted by molar-refractivity contribution is 8.01. The van der Waals surface area contributed by atoms with Crippen molar-refractivity contribution in [1.29, 1.82) is 0 Å². The number of nitrogens with two attached hydrogens (primary N) is 1. The number of carbonyl (C=O) groups excluding carboxylic acids is 3. The first-order valence-electron chi connectivity index (χ1n) is 15.9. The molecule has 4 aromatic rings. The number of aryl methyl sites for hydroxylation is 1. The van der Waals surface area contributed by atoms with Crippen molar-refractivity contribution in [2.45, 2.75) is 49.0 Å². The number of hydrogen-bond acceptors (Lipinski definition) is 9. The van der Waals surface area contributed by atoms with Gasteiger partial charge in [-0.15, -0.1) is 11.8 Å². The van der Waals surface area contributed by atoms with Crippen molar-refractivity contribution < 1.29 is 39.5 Å². The molecule has 258 valence electrons. The lowest BCUT2D eigenvalue weighted by Crippen LogP contribution is -2.63. The van der Waals surface area contributed by atoms with Gasteiger partial charge in [-0.2, -0.15) is 0 Å². The topological polar surface area (TPSA) is 183 Å². The first-order valence-corrected chi connectivity index (χ1v) is 16.8. The molecule has 1 aliphatic rings. The number of nitrogens with zero attached hydrogens (tertiary/aromatic N) is 1. The normalized spacial score (nSPS) is 16.0. The van der Waals surface area contributed by atoms with Crippen LogP contribution in [0.25, 0.3) is 0 Å². The van der Waals surface area contributed by atoms with Crippen LogP contribution in [0.2, 0.25) is 0 Å². The van der Waals surface area contributed by atoms with Gasteiger partial charge in [0.15, 0.2) is 0 Å². The Morgan fingerprint density at radius 2 is 1.58 bits per heavy atom. The van der Waals surface area contributed by atoms with E-state index in [-0.39, 0.29) is 17.7 Å². The van der Waals surface area contributed by atoms with E-state index in [1.54, 1.807) is 25.1 Å². The van der Waals surface area contributed by atoms with Crippen molar-refractivity contribution in [1.82, 2.24) is 5.32 Å². The number of aliphatic hydroxyl groups is 4. The van der Waals surface area contributed by atoms with E-state index in [1.165, 1.54) is 29.2 Å². The molecule has 12 heteroatoms. The fourth-order valence-corrected chi connectivity index (χ4v) is 6.88. The van der Waals surface area contributed by atoms with E-state index in [4.69, 9.17) is 10.5 Å². The molecule has 0 aromatic heterocycles. The first kappa shape index (κ1) is 36.1. The summed E-state index contributed by atoms with van der Waals surface area (Å²) in [6.07, 6.45) is 0.0224. The van der Waals surface area contributed by atoms with E-state index in [0.29, 0.717) is 23.4 Å². The predicted octanol–water partition coefficient (Wildman–Crippen LogP) is 3.28. The van der Waals surface area contributed by atoms with Crippen LogP contribution in [0.4, 0.5) is 5.69 Å². The number of nitrogens with one attached hydrogen (secondary N) is 1. The Morgan fingerprint density at radius 3 is 2.22 bits per heavy atom. The summed E-state index contributed by atoms with van der Waals surface area (Å²) in [6, 6.07) is 27.1. The minimum atomic E-state index is -3.56. The fourth-order valence-electron chi connectivity index (χ4n) is 5.43. The highest BCUT2D eigenvalue weighted by Gasteiger charge is 2.51. The van der Waals surface area contributed by atoms with E-state index >= 15 is 0 Å². The highest BCUT2D eigenvalue weighted by atomic mass is 32.2. The minimum Gasteiger partial charge on any atom is -0.494 e. The van der Waals surface area contributed by atoms with Crippen LogP contribution in [0.5, 0.6) is 5.75 Å². The van der Waals surface area contributed by atoms with Gasteiger partial charge in [0.1, 0.15) is 11.1 Å². The second-order valence-corrected chi connectivity index (χ2v) is 12.8. The van der Waals surface area contributed by atoms with Crippen molar-refractivity contribution in [2.24, 2.45) is 5.73 Å². The zero-order valence-electron chi connectivity index (χ0n) is 27.4. The summed E-state index contributed by atoms with van der Waals surface area (Å²) in [5, 5.41) is 43.4. The number of primary amides is 1. The maximum Gasteiger partial charge on any atom is 0.308 e. The van der Waals surface area contributed by atoms with Gasteiger partial charge >= 0.3 is 5.91 Å². The summed E-state index contributed by atoms with van der Waals surface area (Å²) in [5.74, 6) is -2.61. The molecule has 0 radical (unpaired) electrons. The number of amides is 3. The van der Waals surface area contributed by atoms with Crippen molar-refractivity contribution >= 4 is 35.2 Å². The average molecular weight is 696 g/mol. The molecule has 0 spiro atoms. The zero-order valence-corrected chi connectivity index (χ0v) is 28.2. The Hall–Kier alpha value is -5.16. The summed E-state index contributed by atoms with van der Waals surface area (Å²) >= 11 is 1.13. The largest absolute Gasteiger partial charge is 0.494 e. The summed E-state index contributed by atoms with van der Waals surface area (Å²) in [6.45, 7) is 3.91. The molecule has 1 fully saturated rings. The van der Waals surface area contributed by atoms with E-state index in [0.717, 1.165) is 28.5 Å². The molecule has 7 N–H and O–H groups in total. The van der Waals surface area contributed by atoms with Gasteiger partial charge in [-0.05, 0) is 73.0 Å².